The van der Waals surface area contributed by atoms with E-state index in [1.807, 2.05) is 5.43 Å². The smallest absolute Gasteiger partial charge is 0.269 e. The van der Waals surface area contributed by atoms with E-state index in [0.717, 1.165) is 0 Å². The van der Waals surface area contributed by atoms with Gasteiger partial charge in [0.2, 0.25) is 5.91 Å². The maximum absolute atomic E-state index is 11.9. The topological polar surface area (TPSA) is 119 Å². The van der Waals surface area contributed by atoms with E-state index in [-0.39, 0.29) is 5.69 Å². The Balaban J connectivity index is 2.57. The highest BCUT2D eigenvalue weighted by atomic mass is 16.6. The second-order valence-corrected chi connectivity index (χ2v) is 3.84. The summed E-state index contributed by atoms with van der Waals surface area (Å²) in [6, 6.07) is 3.94. The van der Waals surface area contributed by atoms with Gasteiger partial charge in [-0.3, -0.25) is 25.1 Å². The van der Waals surface area contributed by atoms with Crippen molar-refractivity contribution in [2.45, 2.75) is 5.92 Å². The molecule has 2 amide bonds. The van der Waals surface area contributed by atoms with E-state index >= 15 is 0 Å². The second kappa shape index (κ2) is 4.08. The minimum Gasteiger partial charge on any atom is -0.314 e. The van der Waals surface area contributed by atoms with Crippen LogP contribution in [0.3, 0.4) is 0 Å². The van der Waals surface area contributed by atoms with Gasteiger partial charge in [-0.25, -0.2) is 5.84 Å². The second-order valence-electron chi connectivity index (χ2n) is 3.84. The van der Waals surface area contributed by atoms with E-state index < -0.39 is 22.7 Å². The number of likely N-dealkylation sites (N-methyl/N-ethyl adjacent to an activating group) is 1. The third-order valence-corrected chi connectivity index (χ3v) is 2.88. The third kappa shape index (κ3) is 1.59. The highest BCUT2D eigenvalue weighted by molar-refractivity contribution is 6.17. The number of fused-ring (bicyclic) bond motifs is 1. The first-order valence-electron chi connectivity index (χ1n) is 5.03. The number of hydrazine groups is 1. The zero-order valence-corrected chi connectivity index (χ0v) is 9.41. The Bertz CT molecular complexity index is 557. The van der Waals surface area contributed by atoms with Crippen LogP contribution < -0.4 is 16.2 Å². The van der Waals surface area contributed by atoms with Gasteiger partial charge in [0.1, 0.15) is 5.92 Å². The number of anilines is 1. The summed E-state index contributed by atoms with van der Waals surface area (Å²) >= 11 is 0. The molecule has 1 aliphatic rings. The van der Waals surface area contributed by atoms with E-state index in [2.05, 4.69) is 0 Å². The van der Waals surface area contributed by atoms with Crippen molar-refractivity contribution in [1.29, 1.82) is 0 Å². The van der Waals surface area contributed by atoms with E-state index in [9.17, 15) is 19.7 Å². The maximum Gasteiger partial charge on any atom is 0.269 e. The molecule has 1 atom stereocenters. The number of nitrogens with zero attached hydrogens (tertiary/aromatic N) is 2. The molecule has 0 spiro atoms. The molecule has 2 rings (SSSR count). The van der Waals surface area contributed by atoms with Crippen LogP contribution >= 0.6 is 0 Å². The van der Waals surface area contributed by atoms with Gasteiger partial charge >= 0.3 is 0 Å². The standard InChI is InChI=1S/C10H10N4O4/c1-13-7-3-2-5(14(17)18)4-6(7)8(10(13)16)9(15)12-11/h2-4,8H,11H2,1H3,(H,12,15). The molecule has 18 heavy (non-hydrogen) atoms. The molecule has 0 bridgehead atoms. The first-order chi connectivity index (χ1) is 8.47. The number of carbonyl (C=O) groups excluding carboxylic acids is 2. The number of amides is 2. The quantitative estimate of drug-likeness (QED) is 0.244. The molecule has 3 N–H and O–H groups in total. The van der Waals surface area contributed by atoms with Crippen LogP contribution in [0.1, 0.15) is 11.5 Å². The summed E-state index contributed by atoms with van der Waals surface area (Å²) in [5, 5.41) is 10.7. The first-order valence-corrected chi connectivity index (χ1v) is 5.03. The Morgan fingerprint density at radius 2 is 2.22 bits per heavy atom. The van der Waals surface area contributed by atoms with Crippen molar-refractivity contribution < 1.29 is 14.5 Å². The van der Waals surface area contributed by atoms with E-state index in [1.165, 1.54) is 30.1 Å². The summed E-state index contributed by atoms with van der Waals surface area (Å²) in [5.41, 5.74) is 2.48. The van der Waals surface area contributed by atoms with Crippen LogP contribution in [-0.2, 0) is 9.59 Å². The largest absolute Gasteiger partial charge is 0.314 e. The fraction of sp³-hybridized carbons (Fsp3) is 0.200. The molecule has 8 nitrogen and oxygen atoms in total. The normalized spacial score (nSPS) is 17.6. The van der Waals surface area contributed by atoms with Crippen molar-refractivity contribution >= 4 is 23.2 Å². The fourth-order valence-corrected chi connectivity index (χ4v) is 1.97. The molecule has 8 heteroatoms. The lowest BCUT2D eigenvalue weighted by Crippen LogP contribution is -2.39. The molecular weight excluding hydrogens is 240 g/mol. The number of hydrogen-bond acceptors (Lipinski definition) is 5. The number of benzene rings is 1. The zero-order chi connectivity index (χ0) is 13.4. The molecule has 1 aromatic carbocycles. The monoisotopic (exact) mass is 250 g/mol. The number of nitrogens with two attached hydrogens (primary N) is 1. The van der Waals surface area contributed by atoms with Gasteiger partial charge in [0.05, 0.1) is 4.92 Å². The van der Waals surface area contributed by atoms with E-state index in [4.69, 9.17) is 5.84 Å². The molecule has 0 aliphatic carbocycles. The van der Waals surface area contributed by atoms with Crippen molar-refractivity contribution in [1.82, 2.24) is 5.43 Å². The van der Waals surface area contributed by atoms with Gasteiger partial charge < -0.3 is 4.90 Å². The Morgan fingerprint density at radius 3 is 2.78 bits per heavy atom. The van der Waals surface area contributed by atoms with Crippen LogP contribution in [0.25, 0.3) is 0 Å². The fourth-order valence-electron chi connectivity index (χ4n) is 1.97. The summed E-state index contributed by atoms with van der Waals surface area (Å²) in [5.74, 6) is 2.73. The van der Waals surface area contributed by atoms with Crippen molar-refractivity contribution in [3.63, 3.8) is 0 Å². The van der Waals surface area contributed by atoms with E-state index in [1.54, 1.807) is 0 Å². The average Bonchev–Trinajstić information content (AvgIpc) is 2.61. The number of carbonyl (C=O) groups is 2. The number of hydrogen-bond donors (Lipinski definition) is 2. The number of nitro benzene ring substituents is 1. The molecule has 0 saturated heterocycles. The molecule has 1 aromatic rings. The maximum atomic E-state index is 11.9. The Morgan fingerprint density at radius 1 is 1.56 bits per heavy atom. The molecular formula is C10H10N4O4. The summed E-state index contributed by atoms with van der Waals surface area (Å²) in [6.07, 6.45) is 0. The van der Waals surface area contributed by atoms with Crippen LogP contribution in [0, 0.1) is 10.1 Å². The van der Waals surface area contributed by atoms with Crippen LogP contribution in [0.4, 0.5) is 11.4 Å². The molecule has 0 aromatic heterocycles. The predicted octanol–water partition coefficient (Wildman–Crippen LogP) is -0.355. The number of nitrogens with one attached hydrogen (secondary N) is 1. The highest BCUT2D eigenvalue weighted by Crippen LogP contribution is 2.38. The molecule has 0 fully saturated rings. The van der Waals surface area contributed by atoms with Crippen LogP contribution in [-0.4, -0.2) is 23.8 Å². The molecule has 94 valence electrons. The SMILES string of the molecule is CN1C(=O)C(C(=O)NN)c2cc([N+](=O)[O-])ccc21. The minimum absolute atomic E-state index is 0.174. The van der Waals surface area contributed by atoms with Gasteiger partial charge in [-0.2, -0.15) is 0 Å². The van der Waals surface area contributed by atoms with Crippen molar-refractivity contribution in [3.05, 3.63) is 33.9 Å². The lowest BCUT2D eigenvalue weighted by atomic mass is 9.99. The van der Waals surface area contributed by atoms with Gasteiger partial charge in [-0.15, -0.1) is 0 Å². The summed E-state index contributed by atoms with van der Waals surface area (Å²) in [4.78, 5) is 34.8. The van der Waals surface area contributed by atoms with Gasteiger partial charge in [-0.1, -0.05) is 0 Å². The average molecular weight is 250 g/mol. The van der Waals surface area contributed by atoms with Gasteiger partial charge in [0, 0.05) is 30.4 Å². The zero-order valence-electron chi connectivity index (χ0n) is 9.41. The summed E-state index contributed by atoms with van der Waals surface area (Å²) in [7, 11) is 1.50. The van der Waals surface area contributed by atoms with Crippen LogP contribution in [0.2, 0.25) is 0 Å². The van der Waals surface area contributed by atoms with Gasteiger partial charge in [-0.05, 0) is 6.07 Å². The number of rotatable bonds is 2. The Labute approximate surface area is 101 Å². The van der Waals surface area contributed by atoms with Crippen LogP contribution in [0.5, 0.6) is 0 Å². The van der Waals surface area contributed by atoms with Crippen LogP contribution in [0.15, 0.2) is 18.2 Å². The van der Waals surface area contributed by atoms with Gasteiger partial charge in [0.25, 0.3) is 11.6 Å². The Hall–Kier alpha value is -2.48. The number of non-ortho nitro benzene ring substituents is 1. The highest BCUT2D eigenvalue weighted by Gasteiger charge is 2.40. The van der Waals surface area contributed by atoms with E-state index in [0.29, 0.717) is 11.3 Å². The lowest BCUT2D eigenvalue weighted by molar-refractivity contribution is -0.384. The number of nitro groups is 1. The molecule has 1 unspecified atom stereocenters. The summed E-state index contributed by atoms with van der Waals surface area (Å²) in [6.45, 7) is 0. The minimum atomic E-state index is -1.13. The van der Waals surface area contributed by atoms with Crippen molar-refractivity contribution in [2.24, 2.45) is 5.84 Å². The first kappa shape index (κ1) is 12.0. The molecule has 0 radical (unpaired) electrons. The van der Waals surface area contributed by atoms with Crippen molar-refractivity contribution in [3.8, 4) is 0 Å². The van der Waals surface area contributed by atoms with Crippen molar-refractivity contribution in [2.75, 3.05) is 11.9 Å². The molecule has 1 heterocycles. The third-order valence-electron chi connectivity index (χ3n) is 2.88. The van der Waals surface area contributed by atoms with Gasteiger partial charge in [0.15, 0.2) is 0 Å². The lowest BCUT2D eigenvalue weighted by Gasteiger charge is -2.09. The molecule has 1 aliphatic heterocycles. The summed E-state index contributed by atoms with van der Waals surface area (Å²) < 4.78 is 0. The molecule has 0 saturated carbocycles. The predicted molar refractivity (Wildman–Crippen MR) is 61.6 cm³/mol. The Kier molecular flexibility index (Phi) is 2.71.